The quantitative estimate of drug-likeness (QED) is 0.220. The molecular formula is C34H49N3O2. The lowest BCUT2D eigenvalue weighted by Gasteiger charge is -2.34. The lowest BCUT2D eigenvalue weighted by Crippen LogP contribution is -2.37. The van der Waals surface area contributed by atoms with Gasteiger partial charge in [-0.05, 0) is 58.7 Å². The van der Waals surface area contributed by atoms with Crippen LogP contribution in [0.1, 0.15) is 50.8 Å². The third-order valence-electron chi connectivity index (χ3n) is 6.13. The van der Waals surface area contributed by atoms with Crippen molar-refractivity contribution in [1.82, 2.24) is 4.90 Å². The Morgan fingerprint density at radius 1 is 0.795 bits per heavy atom. The third kappa shape index (κ3) is 12.2. The molecule has 5 heteroatoms. The second-order valence-corrected chi connectivity index (χ2v) is 9.50. The molecule has 0 aliphatic rings. The predicted octanol–water partition coefficient (Wildman–Crippen LogP) is 7.28. The molecule has 2 N–H and O–H groups in total. The Balaban J connectivity index is 0.000000434. The van der Waals surface area contributed by atoms with Gasteiger partial charge in [-0.25, -0.2) is 0 Å². The van der Waals surface area contributed by atoms with E-state index >= 15 is 0 Å². The number of carbonyl (C=O) groups is 1. The number of ketones is 1. The third-order valence-corrected chi connectivity index (χ3v) is 6.13. The molecule has 3 rings (SSSR count). The van der Waals surface area contributed by atoms with Gasteiger partial charge in [0, 0.05) is 39.3 Å². The van der Waals surface area contributed by atoms with Gasteiger partial charge in [-0.1, -0.05) is 90.8 Å². The Morgan fingerprint density at radius 3 is 1.64 bits per heavy atom. The highest BCUT2D eigenvalue weighted by atomic mass is 16.5. The van der Waals surface area contributed by atoms with E-state index in [0.717, 1.165) is 31.0 Å². The fourth-order valence-corrected chi connectivity index (χ4v) is 3.73. The summed E-state index contributed by atoms with van der Waals surface area (Å²) in [5, 5.41) is 0. The van der Waals surface area contributed by atoms with Crippen LogP contribution in [-0.2, 0) is 9.53 Å². The van der Waals surface area contributed by atoms with Gasteiger partial charge in [0.05, 0.1) is 0 Å². The molecule has 0 aliphatic heterocycles. The number of nitrogens with two attached hydrogens (primary N) is 1. The molecule has 3 aromatic carbocycles. The van der Waals surface area contributed by atoms with Crippen LogP contribution in [-0.4, -0.2) is 43.5 Å². The molecule has 3 aromatic rings. The van der Waals surface area contributed by atoms with Crippen LogP contribution >= 0.6 is 0 Å². The molecule has 0 radical (unpaired) electrons. The van der Waals surface area contributed by atoms with Gasteiger partial charge < -0.3 is 20.3 Å². The zero-order valence-corrected chi connectivity index (χ0v) is 25.3. The Bertz CT molecular complexity index is 1070. The number of Topliss-reactive ketones (excluding diaryl/α,β-unsaturated/α-hetero) is 1. The largest absolute Gasteiger partial charge is 0.482 e. The van der Waals surface area contributed by atoms with Crippen molar-refractivity contribution < 1.29 is 9.53 Å². The van der Waals surface area contributed by atoms with Gasteiger partial charge in [-0.3, -0.25) is 4.79 Å². The summed E-state index contributed by atoms with van der Waals surface area (Å²) < 4.78 is 6.05. The van der Waals surface area contributed by atoms with Crippen molar-refractivity contribution in [2.45, 2.75) is 61.0 Å². The van der Waals surface area contributed by atoms with E-state index in [1.807, 2.05) is 61.3 Å². The number of rotatable bonds is 10. The number of aryl methyl sites for hydroxylation is 3. The summed E-state index contributed by atoms with van der Waals surface area (Å²) in [5.74, 6) is 1.08. The Labute approximate surface area is 237 Å². The van der Waals surface area contributed by atoms with Crippen molar-refractivity contribution >= 4 is 11.5 Å². The summed E-state index contributed by atoms with van der Waals surface area (Å²) in [6.45, 7) is 15.8. The Hall–Kier alpha value is -3.57. The van der Waals surface area contributed by atoms with Crippen LogP contribution in [0.5, 0.6) is 0 Å². The lowest BCUT2D eigenvalue weighted by atomic mass is 10.2. The van der Waals surface area contributed by atoms with Crippen molar-refractivity contribution in [2.24, 2.45) is 5.73 Å². The molecule has 0 aromatic heterocycles. The van der Waals surface area contributed by atoms with Gasteiger partial charge >= 0.3 is 0 Å². The number of benzene rings is 3. The average Bonchev–Trinajstić information content (AvgIpc) is 2.94. The lowest BCUT2D eigenvalue weighted by molar-refractivity contribution is -0.118. The molecule has 0 fully saturated rings. The molecule has 0 spiro atoms. The minimum absolute atomic E-state index is 0.0895. The van der Waals surface area contributed by atoms with E-state index in [0.29, 0.717) is 12.3 Å². The molecule has 0 saturated carbocycles. The molecule has 5 nitrogen and oxygen atoms in total. The fraction of sp³-hybridized carbons (Fsp3) is 0.382. The Kier molecular flexibility index (Phi) is 16.0. The Morgan fingerprint density at radius 2 is 1.31 bits per heavy atom. The highest BCUT2D eigenvalue weighted by molar-refractivity contribution is 5.92. The zero-order chi connectivity index (χ0) is 29.2. The van der Waals surface area contributed by atoms with E-state index in [9.17, 15) is 4.79 Å². The minimum atomic E-state index is -0.171. The van der Waals surface area contributed by atoms with Crippen molar-refractivity contribution in [1.29, 1.82) is 0 Å². The molecule has 0 amide bonds. The van der Waals surface area contributed by atoms with Gasteiger partial charge in [0.25, 0.3) is 0 Å². The van der Waals surface area contributed by atoms with E-state index in [-0.39, 0.29) is 11.9 Å². The molecule has 0 saturated heterocycles. The summed E-state index contributed by atoms with van der Waals surface area (Å²) in [5.41, 5.74) is 10.7. The van der Waals surface area contributed by atoms with Crippen LogP contribution in [0.3, 0.4) is 0 Å². The average molecular weight is 532 g/mol. The molecule has 0 aliphatic carbocycles. The predicted molar refractivity (Wildman–Crippen MR) is 167 cm³/mol. The molecule has 0 bridgehead atoms. The summed E-state index contributed by atoms with van der Waals surface area (Å²) in [4.78, 5) is 16.6. The van der Waals surface area contributed by atoms with Gasteiger partial charge in [-0.15, -0.1) is 0 Å². The maximum Gasteiger partial charge on any atom is 0.203 e. The van der Waals surface area contributed by atoms with Gasteiger partial charge in [0.15, 0.2) is 11.6 Å². The van der Waals surface area contributed by atoms with E-state index in [2.05, 4.69) is 82.0 Å². The number of hydrogen-bond acceptors (Lipinski definition) is 5. The fourth-order valence-electron chi connectivity index (χ4n) is 3.73. The highest BCUT2D eigenvalue weighted by Gasteiger charge is 2.25. The van der Waals surface area contributed by atoms with Crippen LogP contribution in [0.15, 0.2) is 96.5 Å². The maximum atomic E-state index is 12.4. The first-order chi connectivity index (χ1) is 18.7. The van der Waals surface area contributed by atoms with Crippen LogP contribution in [0.2, 0.25) is 0 Å². The SMILES string of the molecule is CCC(CN)O/C(C(C)=O)=C(/N(C)CC)N(CC)c1cccc(C)c1.Cc1ccccc1.Cc1ccccc1. The van der Waals surface area contributed by atoms with Gasteiger partial charge in [0.1, 0.15) is 6.10 Å². The summed E-state index contributed by atoms with van der Waals surface area (Å²) in [6.07, 6.45) is 0.586. The first-order valence-corrected chi connectivity index (χ1v) is 13.9. The number of hydrogen-bond donors (Lipinski definition) is 1. The smallest absolute Gasteiger partial charge is 0.203 e. The number of anilines is 1. The van der Waals surface area contributed by atoms with Crippen molar-refractivity contribution in [3.63, 3.8) is 0 Å². The molecular weight excluding hydrogens is 482 g/mol. The first-order valence-electron chi connectivity index (χ1n) is 13.9. The van der Waals surface area contributed by atoms with Crippen LogP contribution in [0, 0.1) is 20.8 Å². The maximum absolute atomic E-state index is 12.4. The summed E-state index contributed by atoms with van der Waals surface area (Å²) >= 11 is 0. The van der Waals surface area contributed by atoms with Crippen molar-refractivity contribution in [2.75, 3.05) is 31.6 Å². The summed E-state index contributed by atoms with van der Waals surface area (Å²) in [7, 11) is 1.98. The number of nitrogens with zero attached hydrogens (tertiary/aromatic N) is 2. The monoisotopic (exact) mass is 531 g/mol. The van der Waals surface area contributed by atoms with Crippen molar-refractivity contribution in [3.8, 4) is 0 Å². The second-order valence-electron chi connectivity index (χ2n) is 9.50. The van der Waals surface area contributed by atoms with Gasteiger partial charge in [0.2, 0.25) is 5.76 Å². The first kappa shape index (κ1) is 33.5. The number of allylic oxidation sites excluding steroid dienone is 1. The van der Waals surface area contributed by atoms with Crippen molar-refractivity contribution in [3.05, 3.63) is 113 Å². The highest BCUT2D eigenvalue weighted by Crippen LogP contribution is 2.26. The molecule has 212 valence electrons. The molecule has 1 atom stereocenters. The van der Waals surface area contributed by atoms with E-state index in [1.165, 1.54) is 16.7 Å². The topological polar surface area (TPSA) is 58.8 Å². The van der Waals surface area contributed by atoms with Crippen LogP contribution in [0.4, 0.5) is 5.69 Å². The molecule has 1 unspecified atom stereocenters. The van der Waals surface area contributed by atoms with Crippen LogP contribution in [0.25, 0.3) is 0 Å². The number of ether oxygens (including phenoxy) is 1. The standard InChI is InChI=1S/C20H33N3O2.2C7H8/c1-7-18(14-21)25-19(16(5)24)20(22(6)8-2)23(9-3)17-12-10-11-15(4)13-17;2*1-7-5-3-2-4-6-7/h10-13,18H,7-9,14,21H2,1-6H3;2*2-6H,1H3/b20-19-;;. The second kappa shape index (κ2) is 18.6. The van der Waals surface area contributed by atoms with E-state index in [1.54, 1.807) is 6.92 Å². The number of carbonyl (C=O) groups excluding carboxylic acids is 1. The van der Waals surface area contributed by atoms with Gasteiger partial charge in [-0.2, -0.15) is 0 Å². The van der Waals surface area contributed by atoms with Crippen LogP contribution < -0.4 is 10.6 Å². The summed E-state index contributed by atoms with van der Waals surface area (Å²) in [6, 6.07) is 28.8. The zero-order valence-electron chi connectivity index (χ0n) is 25.3. The van der Waals surface area contributed by atoms with E-state index < -0.39 is 0 Å². The van der Waals surface area contributed by atoms with E-state index in [4.69, 9.17) is 10.5 Å². The molecule has 0 heterocycles. The normalized spacial score (nSPS) is 11.5. The molecule has 39 heavy (non-hydrogen) atoms. The minimum Gasteiger partial charge on any atom is -0.482 e.